The fourth-order valence-electron chi connectivity index (χ4n) is 6.67. The number of hydrogen-bond acceptors (Lipinski definition) is 8. The van der Waals surface area contributed by atoms with E-state index in [1.165, 1.54) is 24.5 Å². The SMILES string of the molecule is CC(C)CNC(=O)c1cc(F)ccc1Oc1cncnc1N1CC2(CCN(CC3CCC(NC(=O)OC(C)(C)C)CC3)CC2)C1. The zero-order chi connectivity index (χ0) is 32.2. The molecule has 2 aromatic rings. The van der Waals surface area contributed by atoms with E-state index in [2.05, 4.69) is 30.4 Å². The van der Waals surface area contributed by atoms with Crippen molar-refractivity contribution in [1.29, 1.82) is 0 Å². The van der Waals surface area contributed by atoms with Gasteiger partial charge in [-0.1, -0.05) is 13.8 Å². The smallest absolute Gasteiger partial charge is 0.407 e. The fourth-order valence-corrected chi connectivity index (χ4v) is 6.67. The Bertz CT molecular complexity index is 1320. The lowest BCUT2D eigenvalue weighted by atomic mass is 9.71. The Labute approximate surface area is 266 Å². The Morgan fingerprint density at radius 3 is 2.47 bits per heavy atom. The molecule has 0 unspecified atom stereocenters. The molecular formula is C34H49FN6O4. The number of nitrogens with one attached hydrogen (secondary N) is 2. The standard InChI is InChI=1S/C34H49FN6O4/c1-23(2)17-37-31(42)27-16-25(35)8-11-28(27)44-29-18-36-22-38-30(29)41-20-34(21-41)12-14-40(15-13-34)19-24-6-9-26(10-7-24)39-32(43)45-33(3,4)5/h8,11,16,18,22-24,26H,6-7,9-10,12-15,17,19-21H2,1-5H3,(H,37,42)(H,39,43). The number of aromatic nitrogens is 2. The van der Waals surface area contributed by atoms with Crippen molar-refractivity contribution in [3.05, 3.63) is 42.1 Å². The summed E-state index contributed by atoms with van der Waals surface area (Å²) in [5.41, 5.74) is -0.0771. The summed E-state index contributed by atoms with van der Waals surface area (Å²) >= 11 is 0. The highest BCUT2D eigenvalue weighted by atomic mass is 19.1. The third-order valence-electron chi connectivity index (χ3n) is 9.09. The van der Waals surface area contributed by atoms with Gasteiger partial charge >= 0.3 is 6.09 Å². The largest absolute Gasteiger partial charge is 0.451 e. The van der Waals surface area contributed by atoms with Gasteiger partial charge in [-0.05, 0) is 102 Å². The van der Waals surface area contributed by atoms with Crippen molar-refractivity contribution in [1.82, 2.24) is 25.5 Å². The average molecular weight is 625 g/mol. The topological polar surface area (TPSA) is 109 Å². The maximum Gasteiger partial charge on any atom is 0.407 e. The highest BCUT2D eigenvalue weighted by Gasteiger charge is 2.46. The van der Waals surface area contributed by atoms with Crippen molar-refractivity contribution in [2.75, 3.05) is 44.2 Å². The van der Waals surface area contributed by atoms with Crippen LogP contribution < -0.4 is 20.3 Å². The summed E-state index contributed by atoms with van der Waals surface area (Å²) in [7, 11) is 0. The van der Waals surface area contributed by atoms with Gasteiger partial charge in [-0.25, -0.2) is 19.2 Å². The minimum absolute atomic E-state index is 0.144. The molecule has 1 aromatic heterocycles. The minimum atomic E-state index is -0.500. The molecule has 2 N–H and O–H groups in total. The van der Waals surface area contributed by atoms with Crippen molar-refractivity contribution >= 4 is 17.8 Å². The van der Waals surface area contributed by atoms with Crippen LogP contribution in [0.5, 0.6) is 11.5 Å². The predicted octanol–water partition coefficient (Wildman–Crippen LogP) is 5.78. The number of rotatable bonds is 9. The van der Waals surface area contributed by atoms with E-state index in [4.69, 9.17) is 9.47 Å². The summed E-state index contributed by atoms with van der Waals surface area (Å²) in [5.74, 6) is 1.46. The van der Waals surface area contributed by atoms with Gasteiger partial charge in [0.05, 0.1) is 11.8 Å². The highest BCUT2D eigenvalue weighted by molar-refractivity contribution is 5.97. The number of anilines is 1. The van der Waals surface area contributed by atoms with Gasteiger partial charge in [-0.15, -0.1) is 0 Å². The summed E-state index contributed by atoms with van der Waals surface area (Å²) in [6.07, 6.45) is 9.33. The number of likely N-dealkylation sites (tertiary alicyclic amines) is 1. The van der Waals surface area contributed by atoms with E-state index in [1.54, 1.807) is 6.20 Å². The number of alkyl carbamates (subject to hydrolysis) is 1. The summed E-state index contributed by atoms with van der Waals surface area (Å²) in [6, 6.07) is 4.17. The van der Waals surface area contributed by atoms with Crippen molar-refractivity contribution in [2.45, 2.75) is 84.8 Å². The molecule has 45 heavy (non-hydrogen) atoms. The molecule has 3 fully saturated rings. The lowest BCUT2D eigenvalue weighted by molar-refractivity contribution is 0.0465. The first-order valence-electron chi connectivity index (χ1n) is 16.4. The first-order chi connectivity index (χ1) is 21.4. The fraction of sp³-hybridized carbons (Fsp3) is 0.647. The summed E-state index contributed by atoms with van der Waals surface area (Å²) in [4.78, 5) is 38.5. The van der Waals surface area contributed by atoms with Crippen molar-refractivity contribution in [2.24, 2.45) is 17.3 Å². The first-order valence-corrected chi connectivity index (χ1v) is 16.4. The molecule has 1 aromatic carbocycles. The lowest BCUT2D eigenvalue weighted by Crippen LogP contribution is -2.61. The average Bonchev–Trinajstić information content (AvgIpc) is 2.96. The molecule has 3 aliphatic rings. The molecule has 1 spiro atoms. The highest BCUT2D eigenvalue weighted by Crippen LogP contribution is 2.45. The van der Waals surface area contributed by atoms with Gasteiger partial charge in [0, 0.05) is 37.6 Å². The van der Waals surface area contributed by atoms with E-state index in [1.807, 2.05) is 34.6 Å². The van der Waals surface area contributed by atoms with Crippen LogP contribution in [-0.2, 0) is 4.74 Å². The Morgan fingerprint density at radius 1 is 1.09 bits per heavy atom. The second kappa shape index (κ2) is 13.9. The molecule has 246 valence electrons. The van der Waals surface area contributed by atoms with E-state index in [0.717, 1.165) is 71.2 Å². The van der Waals surface area contributed by atoms with Gasteiger partial charge < -0.3 is 29.9 Å². The number of benzene rings is 1. The second-order valence-electron chi connectivity index (χ2n) is 14.6. The summed E-state index contributed by atoms with van der Waals surface area (Å²) in [6.45, 7) is 15.2. The van der Waals surface area contributed by atoms with E-state index in [0.29, 0.717) is 24.0 Å². The number of ether oxygens (including phenoxy) is 2. The molecule has 2 amide bonds. The van der Waals surface area contributed by atoms with Gasteiger partial charge in [-0.3, -0.25) is 4.79 Å². The number of piperidine rings is 1. The van der Waals surface area contributed by atoms with Gasteiger partial charge in [0.1, 0.15) is 23.5 Å². The Hall–Kier alpha value is -3.47. The van der Waals surface area contributed by atoms with Crippen LogP contribution in [0, 0.1) is 23.1 Å². The third-order valence-corrected chi connectivity index (χ3v) is 9.09. The lowest BCUT2D eigenvalue weighted by Gasteiger charge is -2.54. The van der Waals surface area contributed by atoms with E-state index in [-0.39, 0.29) is 40.7 Å². The summed E-state index contributed by atoms with van der Waals surface area (Å²) < 4.78 is 25.7. The molecule has 10 nitrogen and oxygen atoms in total. The van der Waals surface area contributed by atoms with Crippen LogP contribution in [0.4, 0.5) is 15.0 Å². The first kappa shape index (κ1) is 32.9. The third kappa shape index (κ3) is 8.83. The quantitative estimate of drug-likeness (QED) is 0.362. The zero-order valence-corrected chi connectivity index (χ0v) is 27.4. The van der Waals surface area contributed by atoms with Crippen molar-refractivity contribution in [3.63, 3.8) is 0 Å². The van der Waals surface area contributed by atoms with Crippen LogP contribution in [0.1, 0.15) is 83.5 Å². The molecule has 1 aliphatic carbocycles. The van der Waals surface area contributed by atoms with Gasteiger partial charge in [0.15, 0.2) is 11.6 Å². The minimum Gasteiger partial charge on any atom is -0.451 e. The normalized spacial score (nSPS) is 21.7. The van der Waals surface area contributed by atoms with Crippen molar-refractivity contribution < 1.29 is 23.5 Å². The van der Waals surface area contributed by atoms with Crippen LogP contribution in [-0.4, -0.2) is 77.8 Å². The number of carbonyl (C=O) groups excluding carboxylic acids is 2. The second-order valence-corrected chi connectivity index (χ2v) is 14.6. The maximum absolute atomic E-state index is 14.1. The van der Waals surface area contributed by atoms with Crippen LogP contribution in [0.25, 0.3) is 0 Å². The Kier molecular flexibility index (Phi) is 10.2. The van der Waals surface area contributed by atoms with Crippen LogP contribution in [0.2, 0.25) is 0 Å². The molecule has 3 heterocycles. The number of amides is 2. The van der Waals surface area contributed by atoms with Gasteiger partial charge in [-0.2, -0.15) is 0 Å². The van der Waals surface area contributed by atoms with Crippen LogP contribution in [0.3, 0.4) is 0 Å². The van der Waals surface area contributed by atoms with Crippen LogP contribution in [0.15, 0.2) is 30.7 Å². The molecule has 2 saturated heterocycles. The molecule has 0 radical (unpaired) electrons. The number of halogens is 1. The zero-order valence-electron chi connectivity index (χ0n) is 27.4. The Balaban J connectivity index is 1.10. The van der Waals surface area contributed by atoms with Crippen LogP contribution >= 0.6 is 0 Å². The molecule has 2 aliphatic heterocycles. The Morgan fingerprint density at radius 2 is 1.80 bits per heavy atom. The molecule has 0 atom stereocenters. The van der Waals surface area contributed by atoms with Gasteiger partial charge in [0.2, 0.25) is 0 Å². The van der Waals surface area contributed by atoms with E-state index >= 15 is 0 Å². The number of nitrogens with zero attached hydrogens (tertiary/aromatic N) is 4. The predicted molar refractivity (Wildman–Crippen MR) is 171 cm³/mol. The molecule has 11 heteroatoms. The van der Waals surface area contributed by atoms with E-state index in [9.17, 15) is 14.0 Å². The maximum atomic E-state index is 14.1. The molecule has 1 saturated carbocycles. The van der Waals surface area contributed by atoms with Gasteiger partial charge in [0.25, 0.3) is 5.91 Å². The molecule has 5 rings (SSSR count). The van der Waals surface area contributed by atoms with Crippen molar-refractivity contribution in [3.8, 4) is 11.5 Å². The molecular weight excluding hydrogens is 575 g/mol. The monoisotopic (exact) mass is 624 g/mol. The number of hydrogen-bond donors (Lipinski definition) is 2. The van der Waals surface area contributed by atoms with E-state index < -0.39 is 11.4 Å². The molecule has 0 bridgehead atoms. The number of carbonyl (C=O) groups is 2. The summed E-state index contributed by atoms with van der Waals surface area (Å²) in [5, 5.41) is 5.89.